The number of benzene rings is 2. The molecule has 2 aromatic carbocycles. The number of amides is 2. The van der Waals surface area contributed by atoms with E-state index in [9.17, 15) is 9.59 Å². The number of nitrogens with one attached hydrogen (secondary N) is 1. The van der Waals surface area contributed by atoms with Gasteiger partial charge in [0.25, 0.3) is 5.91 Å². The Balaban J connectivity index is 1.67. The minimum Gasteiger partial charge on any atom is -0.497 e. The molecule has 0 spiro atoms. The fraction of sp³-hybridized carbons (Fsp3) is 0.200. The summed E-state index contributed by atoms with van der Waals surface area (Å²) >= 11 is 12.8. The predicted molar refractivity (Wildman–Crippen MR) is 156 cm³/mol. The number of rotatable bonds is 6. The van der Waals surface area contributed by atoms with Gasteiger partial charge in [-0.1, -0.05) is 41.4 Å². The zero-order valence-electron chi connectivity index (χ0n) is 22.2. The maximum Gasteiger partial charge on any atom is 0.272 e. The van der Waals surface area contributed by atoms with E-state index in [-0.39, 0.29) is 30.1 Å². The second-order valence-corrected chi connectivity index (χ2v) is 10.3. The van der Waals surface area contributed by atoms with E-state index in [1.807, 2.05) is 55.5 Å². The van der Waals surface area contributed by atoms with Crippen molar-refractivity contribution in [2.45, 2.75) is 26.4 Å². The van der Waals surface area contributed by atoms with Crippen LogP contribution in [0.5, 0.6) is 5.75 Å². The fourth-order valence-corrected chi connectivity index (χ4v) is 5.16. The minimum atomic E-state index is -0.382. The molecule has 1 atom stereocenters. The average Bonchev–Trinajstić information content (AvgIpc) is 3.33. The van der Waals surface area contributed by atoms with Gasteiger partial charge in [-0.3, -0.25) is 14.6 Å². The Bertz CT molecular complexity index is 1600. The number of halogens is 2. The third kappa shape index (κ3) is 5.59. The number of hydrogen-bond donors (Lipinski definition) is 1. The Kier molecular flexibility index (Phi) is 7.91. The lowest BCUT2D eigenvalue weighted by Gasteiger charge is -2.29. The van der Waals surface area contributed by atoms with Crippen LogP contribution in [0.1, 0.15) is 52.9 Å². The summed E-state index contributed by atoms with van der Waals surface area (Å²) in [6.07, 6.45) is 3.66. The van der Waals surface area contributed by atoms with Gasteiger partial charge < -0.3 is 15.0 Å². The summed E-state index contributed by atoms with van der Waals surface area (Å²) < 4.78 is 6.96. The van der Waals surface area contributed by atoms with Gasteiger partial charge in [-0.05, 0) is 66.6 Å². The monoisotopic (exact) mass is 575 g/mol. The van der Waals surface area contributed by atoms with Gasteiger partial charge >= 0.3 is 0 Å². The van der Waals surface area contributed by atoms with Crippen molar-refractivity contribution in [2.75, 3.05) is 13.7 Å². The molecule has 0 bridgehead atoms. The first-order valence-corrected chi connectivity index (χ1v) is 13.4. The van der Waals surface area contributed by atoms with Crippen LogP contribution in [0.4, 0.5) is 0 Å². The number of carbonyl (C=O) groups excluding carboxylic acids is 2. The van der Waals surface area contributed by atoms with E-state index < -0.39 is 0 Å². The topological polar surface area (TPSA) is 89.3 Å². The number of aromatic nitrogens is 3. The molecular weight excluding hydrogens is 549 g/mol. The van der Waals surface area contributed by atoms with Crippen molar-refractivity contribution in [3.63, 3.8) is 0 Å². The van der Waals surface area contributed by atoms with Crippen LogP contribution in [0.25, 0.3) is 17.3 Å². The molecule has 1 aliphatic rings. The van der Waals surface area contributed by atoms with E-state index in [4.69, 9.17) is 33.0 Å². The first kappa shape index (κ1) is 27.4. The van der Waals surface area contributed by atoms with Crippen LogP contribution >= 0.6 is 23.2 Å². The normalized spacial score (nSPS) is 14.5. The van der Waals surface area contributed by atoms with E-state index in [2.05, 4.69) is 10.3 Å². The number of hydrogen-bond acceptors (Lipinski definition) is 5. The molecule has 1 N–H and O–H groups in total. The van der Waals surface area contributed by atoms with Crippen LogP contribution in [0.15, 0.2) is 66.9 Å². The minimum absolute atomic E-state index is 0.114. The van der Waals surface area contributed by atoms with Crippen molar-refractivity contribution in [3.05, 3.63) is 105 Å². The van der Waals surface area contributed by atoms with Crippen LogP contribution in [0, 0.1) is 0 Å². The quantitative estimate of drug-likeness (QED) is 0.305. The Hall–Kier alpha value is -4.14. The molecule has 0 aliphatic carbocycles. The SMILES string of the molecule is COc1ccc(C=C2CN(C(C)=O)Cc3c(C(=O)N[C@H](C)c4ccccn4)nn(-c4ccc(Cl)cc4Cl)c32)cc1. The van der Waals surface area contributed by atoms with Crippen molar-refractivity contribution in [2.24, 2.45) is 0 Å². The number of methoxy groups -OCH3 is 1. The van der Waals surface area contributed by atoms with Crippen LogP contribution in [-0.4, -0.2) is 45.1 Å². The number of nitrogens with zero attached hydrogens (tertiary/aromatic N) is 4. The average molecular weight is 576 g/mol. The van der Waals surface area contributed by atoms with Crippen molar-refractivity contribution in [1.82, 2.24) is 25.0 Å². The van der Waals surface area contributed by atoms with E-state index in [0.29, 0.717) is 33.5 Å². The standard InChI is InChI=1S/C30H27Cl2N5O3/c1-18(26-6-4-5-13-33-26)34-30(39)28-24-17-36(19(2)38)16-21(14-20-7-10-23(40-3)11-8-20)29(24)37(35-28)27-12-9-22(31)15-25(27)32/h4-15,18H,16-17H2,1-3H3,(H,34,39)/t18-/m1/s1. The third-order valence-electron chi connectivity index (χ3n) is 6.73. The molecule has 0 saturated heterocycles. The number of carbonyl (C=O) groups is 2. The molecule has 0 fully saturated rings. The van der Waals surface area contributed by atoms with Crippen LogP contribution in [0.2, 0.25) is 10.0 Å². The van der Waals surface area contributed by atoms with Gasteiger partial charge in [0.1, 0.15) is 5.75 Å². The summed E-state index contributed by atoms with van der Waals surface area (Å²) in [5, 5.41) is 8.63. The Morgan fingerprint density at radius 3 is 2.50 bits per heavy atom. The van der Waals surface area contributed by atoms with Crippen molar-refractivity contribution >= 4 is 46.7 Å². The van der Waals surface area contributed by atoms with E-state index >= 15 is 0 Å². The Morgan fingerprint density at radius 1 is 1.07 bits per heavy atom. The molecule has 5 rings (SSSR count). The molecule has 10 heteroatoms. The fourth-order valence-electron chi connectivity index (χ4n) is 4.68. The first-order chi connectivity index (χ1) is 19.2. The molecule has 4 aromatic rings. The molecule has 204 valence electrons. The Morgan fingerprint density at radius 2 is 1.85 bits per heavy atom. The second kappa shape index (κ2) is 11.5. The summed E-state index contributed by atoms with van der Waals surface area (Å²) in [7, 11) is 1.61. The number of pyridine rings is 1. The van der Waals surface area contributed by atoms with Crippen molar-refractivity contribution < 1.29 is 14.3 Å². The largest absolute Gasteiger partial charge is 0.497 e. The summed E-state index contributed by atoms with van der Waals surface area (Å²) in [5.41, 5.74) is 4.52. The van der Waals surface area contributed by atoms with Gasteiger partial charge in [0.15, 0.2) is 5.69 Å². The van der Waals surface area contributed by atoms with Gasteiger partial charge in [0, 0.05) is 30.3 Å². The molecule has 2 amide bonds. The van der Waals surface area contributed by atoms with Gasteiger partial charge in [0.05, 0.1) is 41.8 Å². The maximum absolute atomic E-state index is 13.7. The van der Waals surface area contributed by atoms with E-state index in [0.717, 1.165) is 22.6 Å². The highest BCUT2D eigenvalue weighted by molar-refractivity contribution is 6.35. The van der Waals surface area contributed by atoms with Crippen LogP contribution in [-0.2, 0) is 11.3 Å². The van der Waals surface area contributed by atoms with Crippen molar-refractivity contribution in [1.29, 1.82) is 0 Å². The van der Waals surface area contributed by atoms with Gasteiger partial charge in [0.2, 0.25) is 5.91 Å². The molecule has 0 saturated carbocycles. The smallest absolute Gasteiger partial charge is 0.272 e. The Labute approximate surface area is 242 Å². The van der Waals surface area contributed by atoms with Gasteiger partial charge in [-0.15, -0.1) is 0 Å². The van der Waals surface area contributed by atoms with Gasteiger partial charge in [-0.2, -0.15) is 5.10 Å². The molecule has 8 nitrogen and oxygen atoms in total. The van der Waals surface area contributed by atoms with E-state index in [1.165, 1.54) is 6.92 Å². The summed E-state index contributed by atoms with van der Waals surface area (Å²) in [6.45, 7) is 3.92. The predicted octanol–water partition coefficient (Wildman–Crippen LogP) is 5.98. The molecule has 0 unspecified atom stereocenters. The highest BCUT2D eigenvalue weighted by Crippen LogP contribution is 2.36. The molecule has 40 heavy (non-hydrogen) atoms. The molecular formula is C30H27Cl2N5O3. The lowest BCUT2D eigenvalue weighted by molar-refractivity contribution is -0.128. The summed E-state index contributed by atoms with van der Waals surface area (Å²) in [4.78, 5) is 32.3. The maximum atomic E-state index is 13.7. The summed E-state index contributed by atoms with van der Waals surface area (Å²) in [6, 6.07) is 17.9. The van der Waals surface area contributed by atoms with Crippen molar-refractivity contribution in [3.8, 4) is 11.4 Å². The van der Waals surface area contributed by atoms with Gasteiger partial charge in [-0.25, -0.2) is 4.68 Å². The molecule has 0 radical (unpaired) electrons. The first-order valence-electron chi connectivity index (χ1n) is 12.6. The molecule has 2 aromatic heterocycles. The second-order valence-electron chi connectivity index (χ2n) is 9.45. The molecule has 1 aliphatic heterocycles. The number of fused-ring (bicyclic) bond motifs is 1. The highest BCUT2D eigenvalue weighted by atomic mass is 35.5. The zero-order chi connectivity index (χ0) is 28.4. The number of ether oxygens (including phenoxy) is 1. The van der Waals surface area contributed by atoms with Crippen LogP contribution in [0.3, 0.4) is 0 Å². The highest BCUT2D eigenvalue weighted by Gasteiger charge is 2.33. The lowest BCUT2D eigenvalue weighted by Crippen LogP contribution is -2.35. The van der Waals surface area contributed by atoms with E-state index in [1.54, 1.807) is 41.1 Å². The van der Waals surface area contributed by atoms with Crippen LogP contribution < -0.4 is 10.1 Å². The lowest BCUT2D eigenvalue weighted by atomic mass is 9.97. The third-order valence-corrected chi connectivity index (χ3v) is 7.27. The zero-order valence-corrected chi connectivity index (χ0v) is 23.7. The summed E-state index contributed by atoms with van der Waals surface area (Å²) in [5.74, 6) is 0.236. The molecule has 3 heterocycles.